The van der Waals surface area contributed by atoms with Crippen molar-refractivity contribution in [3.63, 3.8) is 0 Å². The van der Waals surface area contributed by atoms with Crippen LogP contribution in [0.5, 0.6) is 0 Å². The topological polar surface area (TPSA) is 29.1 Å². The Morgan fingerprint density at radius 3 is 2.40 bits per heavy atom. The van der Waals surface area contributed by atoms with Crippen LogP contribution >= 0.6 is 27.5 Å². The van der Waals surface area contributed by atoms with Crippen molar-refractivity contribution in [1.29, 1.82) is 0 Å². The third-order valence-corrected chi connectivity index (χ3v) is 2.91. The number of amides is 1. The molecule has 0 aliphatic carbocycles. The van der Waals surface area contributed by atoms with Crippen molar-refractivity contribution in [3.05, 3.63) is 34.3 Å². The van der Waals surface area contributed by atoms with E-state index in [2.05, 4.69) is 21.2 Å². The average molecular weight is 291 g/mol. The van der Waals surface area contributed by atoms with Crippen molar-refractivity contribution in [2.24, 2.45) is 0 Å². The molecule has 0 saturated carbocycles. The molecule has 2 nitrogen and oxygen atoms in total. The van der Waals surface area contributed by atoms with Gasteiger partial charge in [-0.05, 0) is 31.5 Å². The van der Waals surface area contributed by atoms with Crippen LogP contribution in [0.2, 0.25) is 0 Å². The molecular weight excluding hydrogens is 277 g/mol. The van der Waals surface area contributed by atoms with Gasteiger partial charge < -0.3 is 5.32 Å². The highest BCUT2D eigenvalue weighted by molar-refractivity contribution is 9.10. The second-order valence-corrected chi connectivity index (χ2v) is 5.00. The van der Waals surface area contributed by atoms with E-state index in [1.807, 2.05) is 38.1 Å². The van der Waals surface area contributed by atoms with Crippen LogP contribution in [0.1, 0.15) is 19.4 Å². The van der Waals surface area contributed by atoms with Gasteiger partial charge in [-0.15, -0.1) is 11.6 Å². The van der Waals surface area contributed by atoms with E-state index in [1.165, 1.54) is 0 Å². The van der Waals surface area contributed by atoms with E-state index in [0.717, 1.165) is 10.0 Å². The molecule has 0 bridgehead atoms. The molecule has 1 rings (SSSR count). The summed E-state index contributed by atoms with van der Waals surface area (Å²) >= 11 is 8.82. The second kappa shape index (κ2) is 4.99. The van der Waals surface area contributed by atoms with Crippen molar-refractivity contribution in [2.75, 3.05) is 5.88 Å². The molecule has 0 saturated heterocycles. The van der Waals surface area contributed by atoms with E-state index in [4.69, 9.17) is 11.6 Å². The summed E-state index contributed by atoms with van der Waals surface area (Å²) in [6.45, 7) is 3.89. The Morgan fingerprint density at radius 2 is 1.93 bits per heavy atom. The summed E-state index contributed by atoms with van der Waals surface area (Å²) in [5.41, 5.74) is 0.649. The molecule has 15 heavy (non-hydrogen) atoms. The van der Waals surface area contributed by atoms with Gasteiger partial charge in [0, 0.05) is 4.47 Å². The zero-order valence-corrected chi connectivity index (χ0v) is 11.0. The number of halogens is 2. The fraction of sp³-hybridized carbons (Fsp3) is 0.364. The van der Waals surface area contributed by atoms with Crippen LogP contribution < -0.4 is 5.32 Å². The molecule has 1 amide bonds. The Labute approximate surface area is 103 Å². The fourth-order valence-electron chi connectivity index (χ4n) is 1.32. The summed E-state index contributed by atoms with van der Waals surface area (Å²) in [7, 11) is 0. The second-order valence-electron chi connectivity index (χ2n) is 3.81. The van der Waals surface area contributed by atoms with E-state index < -0.39 is 5.54 Å². The molecule has 0 atom stereocenters. The first-order chi connectivity index (χ1) is 6.95. The minimum Gasteiger partial charge on any atom is -0.346 e. The summed E-state index contributed by atoms with van der Waals surface area (Å²) in [5.74, 6) is -0.176. The van der Waals surface area contributed by atoms with E-state index >= 15 is 0 Å². The van der Waals surface area contributed by atoms with Gasteiger partial charge in [-0.2, -0.15) is 0 Å². The number of hydrogen-bond donors (Lipinski definition) is 1. The normalized spacial score (nSPS) is 11.2. The molecule has 1 aromatic rings. The highest BCUT2D eigenvalue weighted by atomic mass is 79.9. The van der Waals surface area contributed by atoms with Crippen LogP contribution in [0.4, 0.5) is 0 Å². The maximum absolute atomic E-state index is 11.2. The molecule has 0 unspecified atom stereocenters. The summed E-state index contributed by atoms with van der Waals surface area (Å²) in [5, 5.41) is 2.86. The Bertz CT molecular complexity index is 348. The van der Waals surface area contributed by atoms with Crippen LogP contribution in [0.15, 0.2) is 28.7 Å². The Kier molecular flexibility index (Phi) is 4.17. The first-order valence-corrected chi connectivity index (χ1v) is 5.91. The summed E-state index contributed by atoms with van der Waals surface area (Å²) in [4.78, 5) is 11.2. The van der Waals surface area contributed by atoms with Crippen LogP contribution in [0.25, 0.3) is 0 Å². The molecule has 1 aromatic carbocycles. The van der Waals surface area contributed by atoms with E-state index in [9.17, 15) is 4.79 Å². The SMILES string of the molecule is CC(C)(NC(=O)CCl)c1ccc(Br)cc1. The van der Waals surface area contributed by atoms with Crippen LogP contribution in [0.3, 0.4) is 0 Å². The Balaban J connectivity index is 2.85. The molecule has 0 aliphatic heterocycles. The van der Waals surface area contributed by atoms with Gasteiger partial charge in [0.15, 0.2) is 0 Å². The smallest absolute Gasteiger partial charge is 0.235 e. The predicted molar refractivity (Wildman–Crippen MR) is 66.0 cm³/mol. The lowest BCUT2D eigenvalue weighted by Crippen LogP contribution is -2.41. The zero-order chi connectivity index (χ0) is 11.5. The molecule has 0 aromatic heterocycles. The van der Waals surface area contributed by atoms with Gasteiger partial charge in [0.2, 0.25) is 5.91 Å². The summed E-state index contributed by atoms with van der Waals surface area (Å²) < 4.78 is 1.02. The van der Waals surface area contributed by atoms with Crippen LogP contribution in [-0.2, 0) is 10.3 Å². The number of nitrogens with one attached hydrogen (secondary N) is 1. The standard InChI is InChI=1S/C11H13BrClNO/c1-11(2,14-10(15)7-13)8-3-5-9(12)6-4-8/h3-6H,7H2,1-2H3,(H,14,15). The lowest BCUT2D eigenvalue weighted by atomic mass is 9.94. The van der Waals surface area contributed by atoms with Gasteiger partial charge in [0.25, 0.3) is 0 Å². The molecule has 1 N–H and O–H groups in total. The number of alkyl halides is 1. The van der Waals surface area contributed by atoms with Gasteiger partial charge in [-0.3, -0.25) is 4.79 Å². The fourth-order valence-corrected chi connectivity index (χ4v) is 1.65. The third kappa shape index (κ3) is 3.50. The van der Waals surface area contributed by atoms with E-state index in [0.29, 0.717) is 0 Å². The van der Waals surface area contributed by atoms with Crippen molar-refractivity contribution < 1.29 is 4.79 Å². The maximum Gasteiger partial charge on any atom is 0.235 e. The number of benzene rings is 1. The van der Waals surface area contributed by atoms with Crippen molar-refractivity contribution >= 4 is 33.4 Å². The van der Waals surface area contributed by atoms with Crippen LogP contribution in [-0.4, -0.2) is 11.8 Å². The molecule has 0 spiro atoms. The summed E-state index contributed by atoms with van der Waals surface area (Å²) in [6, 6.07) is 7.84. The first-order valence-electron chi connectivity index (χ1n) is 4.59. The molecule has 0 aliphatic rings. The highest BCUT2D eigenvalue weighted by Gasteiger charge is 2.21. The molecule has 0 heterocycles. The molecule has 4 heteroatoms. The quantitative estimate of drug-likeness (QED) is 0.852. The van der Waals surface area contributed by atoms with Crippen LogP contribution in [0, 0.1) is 0 Å². The Morgan fingerprint density at radius 1 is 1.40 bits per heavy atom. The lowest BCUT2D eigenvalue weighted by Gasteiger charge is -2.26. The van der Waals surface area contributed by atoms with Gasteiger partial charge in [0.05, 0.1) is 5.54 Å². The molecule has 0 fully saturated rings. The van der Waals surface area contributed by atoms with E-state index in [1.54, 1.807) is 0 Å². The number of carbonyl (C=O) groups is 1. The van der Waals surface area contributed by atoms with Crippen molar-refractivity contribution in [2.45, 2.75) is 19.4 Å². The monoisotopic (exact) mass is 289 g/mol. The maximum atomic E-state index is 11.2. The van der Waals surface area contributed by atoms with Gasteiger partial charge >= 0.3 is 0 Å². The largest absolute Gasteiger partial charge is 0.346 e. The van der Waals surface area contributed by atoms with Crippen molar-refractivity contribution in [3.8, 4) is 0 Å². The number of carbonyl (C=O) groups excluding carboxylic acids is 1. The lowest BCUT2D eigenvalue weighted by molar-refractivity contribution is -0.120. The molecule has 82 valence electrons. The number of rotatable bonds is 3. The number of hydrogen-bond acceptors (Lipinski definition) is 1. The van der Waals surface area contributed by atoms with Gasteiger partial charge in [0.1, 0.15) is 5.88 Å². The predicted octanol–water partition coefficient (Wildman–Crippen LogP) is 3.04. The minimum absolute atomic E-state index is 0.0139. The zero-order valence-electron chi connectivity index (χ0n) is 8.68. The highest BCUT2D eigenvalue weighted by Crippen LogP contribution is 2.21. The first kappa shape index (κ1) is 12.5. The van der Waals surface area contributed by atoms with Gasteiger partial charge in [-0.25, -0.2) is 0 Å². The molecular formula is C11H13BrClNO. The summed E-state index contributed by atoms with van der Waals surface area (Å²) in [6.07, 6.45) is 0. The minimum atomic E-state index is -0.396. The Hall–Kier alpha value is -0.540. The van der Waals surface area contributed by atoms with Gasteiger partial charge in [-0.1, -0.05) is 28.1 Å². The average Bonchev–Trinajstić information content (AvgIpc) is 2.17. The van der Waals surface area contributed by atoms with E-state index in [-0.39, 0.29) is 11.8 Å². The third-order valence-electron chi connectivity index (χ3n) is 2.14. The molecule has 0 radical (unpaired) electrons. The van der Waals surface area contributed by atoms with Crippen molar-refractivity contribution in [1.82, 2.24) is 5.32 Å².